The molecule has 2 aliphatic rings. The maximum Gasteiger partial charge on any atom is 0.227 e. The summed E-state index contributed by atoms with van der Waals surface area (Å²) < 4.78 is 11.5. The average Bonchev–Trinajstić information content (AvgIpc) is 3.78. The largest absolute Gasteiger partial charge is 0.492 e. The van der Waals surface area contributed by atoms with Gasteiger partial charge in [-0.15, -0.1) is 0 Å². The number of benzene rings is 2. The standard InChI is InChI=1S/C30H40N4O5/c1-3-38-26-19-25(33-30(37)22-10-11-22)27(39-4-2)18-24(26)32-29(36)13-12-28(35)31-23-14-16-34(17-15-23)20-21-8-6-5-7-9-21/h5-9,18-19,22-23H,3-4,10-17,20H2,1-2H3,(H,31,35)(H,32,36)(H,33,37). The zero-order chi connectivity index (χ0) is 27.6. The van der Waals surface area contributed by atoms with Crippen LogP contribution in [0.15, 0.2) is 42.5 Å². The third kappa shape index (κ3) is 8.71. The summed E-state index contributed by atoms with van der Waals surface area (Å²) in [5.41, 5.74) is 2.26. The van der Waals surface area contributed by atoms with E-state index < -0.39 is 0 Å². The van der Waals surface area contributed by atoms with E-state index in [2.05, 4.69) is 45.1 Å². The molecule has 1 saturated heterocycles. The molecule has 0 atom stereocenters. The molecule has 1 aliphatic heterocycles. The maximum atomic E-state index is 12.7. The van der Waals surface area contributed by atoms with Crippen molar-refractivity contribution in [2.75, 3.05) is 36.9 Å². The third-order valence-electron chi connectivity index (χ3n) is 6.94. The van der Waals surface area contributed by atoms with Crippen LogP contribution in [0, 0.1) is 5.92 Å². The van der Waals surface area contributed by atoms with Gasteiger partial charge in [0.25, 0.3) is 0 Å². The zero-order valence-corrected chi connectivity index (χ0v) is 23.0. The Morgan fingerprint density at radius 2 is 1.41 bits per heavy atom. The fourth-order valence-corrected chi connectivity index (χ4v) is 4.70. The van der Waals surface area contributed by atoms with E-state index in [0.717, 1.165) is 45.3 Å². The minimum Gasteiger partial charge on any atom is -0.492 e. The number of nitrogens with zero attached hydrogens (tertiary/aromatic N) is 1. The van der Waals surface area contributed by atoms with E-state index in [9.17, 15) is 14.4 Å². The van der Waals surface area contributed by atoms with Crippen LogP contribution in [-0.4, -0.2) is 55.0 Å². The van der Waals surface area contributed by atoms with E-state index in [1.54, 1.807) is 12.1 Å². The lowest BCUT2D eigenvalue weighted by molar-refractivity contribution is -0.125. The van der Waals surface area contributed by atoms with Crippen molar-refractivity contribution in [1.29, 1.82) is 0 Å². The minimum absolute atomic E-state index is 0.0388. The lowest BCUT2D eigenvalue weighted by Gasteiger charge is -2.32. The van der Waals surface area contributed by atoms with Crippen LogP contribution >= 0.6 is 0 Å². The SMILES string of the molecule is CCOc1cc(NC(=O)C2CC2)c(OCC)cc1NC(=O)CCC(=O)NC1CCN(Cc2ccccc2)CC1. The van der Waals surface area contributed by atoms with E-state index in [1.807, 2.05) is 19.9 Å². The predicted octanol–water partition coefficient (Wildman–Crippen LogP) is 4.33. The van der Waals surface area contributed by atoms with Crippen molar-refractivity contribution in [3.8, 4) is 11.5 Å². The van der Waals surface area contributed by atoms with E-state index >= 15 is 0 Å². The van der Waals surface area contributed by atoms with E-state index in [1.165, 1.54) is 5.56 Å². The zero-order valence-electron chi connectivity index (χ0n) is 23.0. The predicted molar refractivity (Wildman–Crippen MR) is 151 cm³/mol. The molecule has 1 aliphatic carbocycles. The lowest BCUT2D eigenvalue weighted by atomic mass is 10.0. The van der Waals surface area contributed by atoms with Crippen molar-refractivity contribution in [1.82, 2.24) is 10.2 Å². The lowest BCUT2D eigenvalue weighted by Crippen LogP contribution is -2.44. The summed E-state index contributed by atoms with van der Waals surface area (Å²) in [6.45, 7) is 7.27. The van der Waals surface area contributed by atoms with Gasteiger partial charge >= 0.3 is 0 Å². The van der Waals surface area contributed by atoms with Crippen LogP contribution in [-0.2, 0) is 20.9 Å². The Balaban J connectivity index is 1.26. The van der Waals surface area contributed by atoms with E-state index in [4.69, 9.17) is 9.47 Å². The molecule has 0 bridgehead atoms. The molecule has 3 amide bonds. The Labute approximate surface area is 230 Å². The molecule has 4 rings (SSSR count). The van der Waals surface area contributed by atoms with Crippen LogP contribution in [0.4, 0.5) is 11.4 Å². The summed E-state index contributed by atoms with van der Waals surface area (Å²) >= 11 is 0. The highest BCUT2D eigenvalue weighted by Gasteiger charge is 2.30. The fourth-order valence-electron chi connectivity index (χ4n) is 4.70. The molecule has 0 aromatic heterocycles. The molecule has 210 valence electrons. The third-order valence-corrected chi connectivity index (χ3v) is 6.94. The molecule has 9 heteroatoms. The van der Waals surface area contributed by atoms with Crippen molar-refractivity contribution >= 4 is 29.1 Å². The molecule has 1 saturated carbocycles. The first-order valence-corrected chi connectivity index (χ1v) is 14.0. The Bertz CT molecular complexity index is 1130. The van der Waals surface area contributed by atoms with Gasteiger partial charge < -0.3 is 25.4 Å². The van der Waals surface area contributed by atoms with Gasteiger partial charge in [0.05, 0.1) is 24.6 Å². The van der Waals surface area contributed by atoms with Gasteiger partial charge in [-0.25, -0.2) is 0 Å². The molecule has 2 fully saturated rings. The number of likely N-dealkylation sites (tertiary alicyclic amines) is 1. The number of carbonyl (C=O) groups excluding carboxylic acids is 3. The monoisotopic (exact) mass is 536 g/mol. The molecular formula is C30H40N4O5. The van der Waals surface area contributed by atoms with Gasteiger partial charge in [0.1, 0.15) is 11.5 Å². The van der Waals surface area contributed by atoms with Gasteiger partial charge in [0.2, 0.25) is 17.7 Å². The highest BCUT2D eigenvalue weighted by atomic mass is 16.5. The van der Waals surface area contributed by atoms with Crippen LogP contribution in [0.3, 0.4) is 0 Å². The van der Waals surface area contributed by atoms with Gasteiger partial charge in [-0.1, -0.05) is 30.3 Å². The number of hydrogen-bond acceptors (Lipinski definition) is 6. The Morgan fingerprint density at radius 1 is 0.821 bits per heavy atom. The molecule has 39 heavy (non-hydrogen) atoms. The number of rotatable bonds is 13. The molecule has 1 heterocycles. The van der Waals surface area contributed by atoms with Crippen molar-refractivity contribution < 1.29 is 23.9 Å². The topological polar surface area (TPSA) is 109 Å². The number of ether oxygens (including phenoxy) is 2. The normalized spacial score (nSPS) is 15.8. The second kappa shape index (κ2) is 14.0. The van der Waals surface area contributed by atoms with Crippen LogP contribution in [0.1, 0.15) is 57.9 Å². The number of carbonyl (C=O) groups is 3. The van der Waals surface area contributed by atoms with Crippen LogP contribution in [0.2, 0.25) is 0 Å². The minimum atomic E-state index is -0.291. The average molecular weight is 537 g/mol. The molecule has 3 N–H and O–H groups in total. The van der Waals surface area contributed by atoms with Gasteiger partial charge in [-0.2, -0.15) is 0 Å². The first-order valence-electron chi connectivity index (χ1n) is 14.0. The summed E-state index contributed by atoms with van der Waals surface area (Å²) in [6.07, 6.45) is 3.73. The van der Waals surface area contributed by atoms with E-state index in [-0.39, 0.29) is 42.5 Å². The number of piperidine rings is 1. The molecule has 9 nitrogen and oxygen atoms in total. The highest BCUT2D eigenvalue weighted by Crippen LogP contribution is 2.38. The summed E-state index contributed by atoms with van der Waals surface area (Å²) in [5.74, 6) is 0.491. The van der Waals surface area contributed by atoms with Crippen LogP contribution < -0.4 is 25.4 Å². The first-order chi connectivity index (χ1) is 18.9. The second-order valence-electron chi connectivity index (χ2n) is 10.1. The molecule has 2 aromatic carbocycles. The number of amides is 3. The first kappa shape index (κ1) is 28.4. The fraction of sp³-hybridized carbons (Fsp3) is 0.500. The molecule has 0 spiro atoms. The molecule has 2 aromatic rings. The number of anilines is 2. The number of hydrogen-bond donors (Lipinski definition) is 3. The van der Waals surface area contributed by atoms with Crippen LogP contribution in [0.5, 0.6) is 11.5 Å². The Hall–Kier alpha value is -3.59. The number of nitrogens with one attached hydrogen (secondary N) is 3. The molecule has 0 unspecified atom stereocenters. The molecular weight excluding hydrogens is 496 g/mol. The summed E-state index contributed by atoms with van der Waals surface area (Å²) in [7, 11) is 0. The smallest absolute Gasteiger partial charge is 0.227 e. The summed E-state index contributed by atoms with van der Waals surface area (Å²) in [6, 6.07) is 13.9. The highest BCUT2D eigenvalue weighted by molar-refractivity contribution is 5.98. The Kier molecular flexibility index (Phi) is 10.2. The van der Waals surface area contributed by atoms with Gasteiger partial charge in [-0.05, 0) is 45.1 Å². The van der Waals surface area contributed by atoms with Crippen LogP contribution in [0.25, 0.3) is 0 Å². The van der Waals surface area contributed by atoms with Crippen molar-refractivity contribution in [2.24, 2.45) is 5.92 Å². The Morgan fingerprint density at radius 3 is 2.00 bits per heavy atom. The van der Waals surface area contributed by atoms with E-state index in [0.29, 0.717) is 36.1 Å². The van der Waals surface area contributed by atoms with Crippen molar-refractivity contribution in [3.63, 3.8) is 0 Å². The molecule has 0 radical (unpaired) electrons. The maximum absolute atomic E-state index is 12.7. The van der Waals surface area contributed by atoms with Crippen molar-refractivity contribution in [2.45, 2.75) is 65.0 Å². The van der Waals surface area contributed by atoms with Gasteiger partial charge in [-0.3, -0.25) is 19.3 Å². The summed E-state index contributed by atoms with van der Waals surface area (Å²) in [4.78, 5) is 40.0. The quantitative estimate of drug-likeness (QED) is 0.352. The summed E-state index contributed by atoms with van der Waals surface area (Å²) in [5, 5.41) is 8.86. The van der Waals surface area contributed by atoms with Gasteiger partial charge in [0, 0.05) is 56.6 Å². The van der Waals surface area contributed by atoms with Gasteiger partial charge in [0.15, 0.2) is 0 Å². The van der Waals surface area contributed by atoms with Crippen molar-refractivity contribution in [3.05, 3.63) is 48.0 Å². The second-order valence-corrected chi connectivity index (χ2v) is 10.1.